The molecule has 5 saturated carbocycles. The lowest BCUT2D eigenvalue weighted by atomic mass is 9.49. The van der Waals surface area contributed by atoms with Crippen LogP contribution in [0.3, 0.4) is 0 Å². The molecule has 0 aliphatic heterocycles. The minimum Gasteiger partial charge on any atom is -0.497 e. The Morgan fingerprint density at radius 1 is 1.00 bits per heavy atom. The lowest BCUT2D eigenvalue weighted by Gasteiger charge is -2.55. The van der Waals surface area contributed by atoms with E-state index in [0.717, 1.165) is 43.4 Å². The zero-order valence-electron chi connectivity index (χ0n) is 17.3. The maximum Gasteiger partial charge on any atom is 0.312 e. The van der Waals surface area contributed by atoms with Crippen molar-refractivity contribution in [2.45, 2.75) is 64.0 Å². The summed E-state index contributed by atoms with van der Waals surface area (Å²) in [5.41, 5.74) is 0.772. The van der Waals surface area contributed by atoms with Crippen LogP contribution in [0.2, 0.25) is 0 Å². The summed E-state index contributed by atoms with van der Waals surface area (Å²) >= 11 is 0. The second-order valence-corrected chi connectivity index (χ2v) is 9.87. The van der Waals surface area contributed by atoms with E-state index in [-0.39, 0.29) is 29.9 Å². The summed E-state index contributed by atoms with van der Waals surface area (Å²) in [5, 5.41) is 0. The van der Waals surface area contributed by atoms with Gasteiger partial charge < -0.3 is 14.4 Å². The van der Waals surface area contributed by atoms with Crippen LogP contribution in [-0.4, -0.2) is 36.5 Å². The second kappa shape index (κ2) is 7.33. The molecular formula is C24H31NO4. The summed E-state index contributed by atoms with van der Waals surface area (Å²) in [6, 6.07) is 8.09. The van der Waals surface area contributed by atoms with Crippen LogP contribution in [0.25, 0.3) is 0 Å². The fourth-order valence-corrected chi connectivity index (χ4v) is 6.46. The average Bonchev–Trinajstić information content (AvgIpc) is 3.54. The highest BCUT2D eigenvalue weighted by atomic mass is 16.5. The van der Waals surface area contributed by atoms with Gasteiger partial charge in [0.25, 0.3) is 5.91 Å². The van der Waals surface area contributed by atoms with E-state index in [4.69, 9.17) is 9.47 Å². The molecule has 1 aromatic carbocycles. The Morgan fingerprint density at radius 2 is 1.59 bits per heavy atom. The van der Waals surface area contributed by atoms with Crippen LogP contribution in [0.1, 0.15) is 56.9 Å². The number of carbonyl (C=O) groups is 2. The van der Waals surface area contributed by atoms with E-state index < -0.39 is 0 Å². The van der Waals surface area contributed by atoms with Crippen LogP contribution >= 0.6 is 0 Å². The maximum absolute atomic E-state index is 13.0. The number of esters is 1. The smallest absolute Gasteiger partial charge is 0.312 e. The molecule has 0 unspecified atom stereocenters. The molecule has 0 saturated heterocycles. The molecule has 6 rings (SSSR count). The molecule has 4 bridgehead atoms. The Morgan fingerprint density at radius 3 is 2.10 bits per heavy atom. The molecule has 5 nitrogen and oxygen atoms in total. The molecule has 1 amide bonds. The topological polar surface area (TPSA) is 55.8 Å². The predicted molar refractivity (Wildman–Crippen MR) is 108 cm³/mol. The summed E-state index contributed by atoms with van der Waals surface area (Å²) < 4.78 is 10.9. The monoisotopic (exact) mass is 397 g/mol. The van der Waals surface area contributed by atoms with Gasteiger partial charge in [-0.05, 0) is 86.8 Å². The van der Waals surface area contributed by atoms with E-state index in [1.54, 1.807) is 7.11 Å². The summed E-state index contributed by atoms with van der Waals surface area (Å²) in [6.07, 6.45) is 8.88. The van der Waals surface area contributed by atoms with Crippen molar-refractivity contribution < 1.29 is 19.1 Å². The van der Waals surface area contributed by atoms with Crippen molar-refractivity contribution in [1.29, 1.82) is 0 Å². The molecule has 29 heavy (non-hydrogen) atoms. The third-order valence-corrected chi connectivity index (χ3v) is 7.62. The highest BCUT2D eigenvalue weighted by molar-refractivity contribution is 5.83. The molecule has 5 heteroatoms. The molecule has 0 aromatic heterocycles. The molecule has 5 fully saturated rings. The Balaban J connectivity index is 1.20. The number of methoxy groups -OCH3 is 1. The van der Waals surface area contributed by atoms with Gasteiger partial charge in [0.2, 0.25) is 0 Å². The van der Waals surface area contributed by atoms with E-state index in [0.29, 0.717) is 24.3 Å². The van der Waals surface area contributed by atoms with Gasteiger partial charge in [-0.3, -0.25) is 9.59 Å². The Kier molecular flexibility index (Phi) is 4.79. The SMILES string of the molecule is COc1ccc(CN(C(=O)COC(=O)C23CC4CC(CC(C4)C2)C3)C2CC2)cc1. The first-order chi connectivity index (χ1) is 14.0. The molecule has 0 radical (unpaired) electrons. The Hall–Kier alpha value is -2.04. The number of benzene rings is 1. The van der Waals surface area contributed by atoms with Gasteiger partial charge in [0.1, 0.15) is 5.75 Å². The summed E-state index contributed by atoms with van der Waals surface area (Å²) in [4.78, 5) is 27.8. The first-order valence-electron chi connectivity index (χ1n) is 11.1. The largest absolute Gasteiger partial charge is 0.497 e. The quantitative estimate of drug-likeness (QED) is 0.654. The van der Waals surface area contributed by atoms with Gasteiger partial charge in [0.05, 0.1) is 12.5 Å². The van der Waals surface area contributed by atoms with Crippen LogP contribution in [-0.2, 0) is 20.9 Å². The van der Waals surface area contributed by atoms with Crippen molar-refractivity contribution in [2.24, 2.45) is 23.2 Å². The van der Waals surface area contributed by atoms with Crippen molar-refractivity contribution >= 4 is 11.9 Å². The molecule has 5 aliphatic rings. The number of carbonyl (C=O) groups excluding carboxylic acids is 2. The van der Waals surface area contributed by atoms with Crippen molar-refractivity contribution in [1.82, 2.24) is 4.90 Å². The number of ether oxygens (including phenoxy) is 2. The number of hydrogen-bond acceptors (Lipinski definition) is 4. The molecule has 156 valence electrons. The molecule has 5 aliphatic carbocycles. The Labute approximate surface area is 172 Å². The highest BCUT2D eigenvalue weighted by Gasteiger charge is 2.55. The molecule has 0 N–H and O–H groups in total. The van der Waals surface area contributed by atoms with E-state index in [9.17, 15) is 9.59 Å². The van der Waals surface area contributed by atoms with Gasteiger partial charge in [-0.25, -0.2) is 0 Å². The first-order valence-corrected chi connectivity index (χ1v) is 11.1. The third-order valence-electron chi connectivity index (χ3n) is 7.62. The summed E-state index contributed by atoms with van der Waals surface area (Å²) in [5.74, 6) is 2.72. The van der Waals surface area contributed by atoms with Crippen LogP contribution in [0, 0.1) is 23.2 Å². The zero-order valence-corrected chi connectivity index (χ0v) is 17.3. The van der Waals surface area contributed by atoms with Gasteiger partial charge in [0, 0.05) is 12.6 Å². The summed E-state index contributed by atoms with van der Waals surface area (Å²) in [7, 11) is 1.65. The fraction of sp³-hybridized carbons (Fsp3) is 0.667. The van der Waals surface area contributed by atoms with E-state index >= 15 is 0 Å². The van der Waals surface area contributed by atoms with Crippen molar-refractivity contribution in [3.63, 3.8) is 0 Å². The standard InChI is InChI=1S/C24H31NO4/c1-28-21-6-2-16(3-7-21)14-25(20-4-5-20)22(26)15-29-23(27)24-11-17-8-18(12-24)10-19(9-17)13-24/h2-3,6-7,17-20H,4-5,8-15H2,1H3. The number of hydrogen-bond donors (Lipinski definition) is 0. The number of amides is 1. The second-order valence-electron chi connectivity index (χ2n) is 9.87. The van der Waals surface area contributed by atoms with Gasteiger partial charge in [-0.1, -0.05) is 12.1 Å². The summed E-state index contributed by atoms with van der Waals surface area (Å²) in [6.45, 7) is 0.440. The van der Waals surface area contributed by atoms with Gasteiger partial charge in [-0.15, -0.1) is 0 Å². The number of nitrogens with zero attached hydrogens (tertiary/aromatic N) is 1. The molecule has 0 spiro atoms. The minimum atomic E-state index is -0.296. The van der Waals surface area contributed by atoms with E-state index in [2.05, 4.69) is 0 Å². The van der Waals surface area contributed by atoms with Crippen LogP contribution in [0.5, 0.6) is 5.75 Å². The number of rotatable bonds is 7. The van der Waals surface area contributed by atoms with Crippen molar-refractivity contribution in [2.75, 3.05) is 13.7 Å². The average molecular weight is 398 g/mol. The van der Waals surface area contributed by atoms with Crippen LogP contribution in [0.15, 0.2) is 24.3 Å². The lowest BCUT2D eigenvalue weighted by Crippen LogP contribution is -2.51. The first kappa shape index (κ1) is 19.0. The minimum absolute atomic E-state index is 0.0682. The zero-order chi connectivity index (χ0) is 20.0. The van der Waals surface area contributed by atoms with Gasteiger partial charge in [-0.2, -0.15) is 0 Å². The normalized spacial score (nSPS) is 32.1. The highest BCUT2D eigenvalue weighted by Crippen LogP contribution is 2.60. The van der Waals surface area contributed by atoms with Crippen molar-refractivity contribution in [3.05, 3.63) is 29.8 Å². The van der Waals surface area contributed by atoms with Gasteiger partial charge in [0.15, 0.2) is 6.61 Å². The fourth-order valence-electron chi connectivity index (χ4n) is 6.46. The van der Waals surface area contributed by atoms with Crippen LogP contribution in [0.4, 0.5) is 0 Å². The molecular weight excluding hydrogens is 366 g/mol. The molecule has 1 aromatic rings. The predicted octanol–water partition coefficient (Wildman–Crippen LogP) is 3.95. The maximum atomic E-state index is 13.0. The Bertz CT molecular complexity index is 747. The van der Waals surface area contributed by atoms with E-state index in [1.165, 1.54) is 19.3 Å². The van der Waals surface area contributed by atoms with Crippen LogP contribution < -0.4 is 4.74 Å². The molecule has 0 atom stereocenters. The third kappa shape index (κ3) is 3.76. The van der Waals surface area contributed by atoms with E-state index in [1.807, 2.05) is 29.2 Å². The lowest BCUT2D eigenvalue weighted by molar-refractivity contribution is -0.174. The molecule has 0 heterocycles. The van der Waals surface area contributed by atoms with Crippen molar-refractivity contribution in [3.8, 4) is 5.75 Å². The van der Waals surface area contributed by atoms with Gasteiger partial charge >= 0.3 is 5.97 Å².